The van der Waals surface area contributed by atoms with E-state index in [0.29, 0.717) is 11.4 Å². The second-order valence-corrected chi connectivity index (χ2v) is 5.60. The molecule has 0 radical (unpaired) electrons. The average Bonchev–Trinajstić information content (AvgIpc) is 2.54. The number of hydrogen-bond acceptors (Lipinski definition) is 5. The number of carbonyl (C=O) groups is 1. The molecule has 0 atom stereocenters. The second kappa shape index (κ2) is 7.45. The van der Waals surface area contributed by atoms with E-state index < -0.39 is 4.92 Å². The van der Waals surface area contributed by atoms with Crippen LogP contribution in [0.5, 0.6) is 0 Å². The fourth-order valence-corrected chi connectivity index (χ4v) is 2.14. The highest BCUT2D eigenvalue weighted by atomic mass is 16.6. The molecule has 0 aliphatic rings. The number of nitro benzene ring substituents is 1. The molecule has 0 fully saturated rings. The molecule has 24 heavy (non-hydrogen) atoms. The summed E-state index contributed by atoms with van der Waals surface area (Å²) in [7, 11) is 3.89. The SMILES string of the molecule is Cc1ccc([N+](=O)[O-])cc1NCC(=O)Nc1ccc(N(C)C)cc1. The molecular formula is C17H20N4O3. The van der Waals surface area contributed by atoms with Crippen LogP contribution in [0.25, 0.3) is 0 Å². The van der Waals surface area contributed by atoms with Crippen LogP contribution in [0.15, 0.2) is 42.5 Å². The molecule has 0 spiro atoms. The normalized spacial score (nSPS) is 10.1. The molecule has 2 aromatic rings. The molecule has 2 rings (SSSR count). The third-order valence-corrected chi connectivity index (χ3v) is 3.54. The summed E-state index contributed by atoms with van der Waals surface area (Å²) in [5, 5.41) is 16.5. The van der Waals surface area contributed by atoms with Gasteiger partial charge in [0.1, 0.15) is 0 Å². The fraction of sp³-hybridized carbons (Fsp3) is 0.235. The summed E-state index contributed by atoms with van der Waals surface area (Å²) >= 11 is 0. The molecule has 0 unspecified atom stereocenters. The van der Waals surface area contributed by atoms with Gasteiger partial charge in [-0.1, -0.05) is 6.07 Å². The molecule has 2 aromatic carbocycles. The highest BCUT2D eigenvalue weighted by Crippen LogP contribution is 2.21. The fourth-order valence-electron chi connectivity index (χ4n) is 2.14. The average molecular weight is 328 g/mol. The zero-order chi connectivity index (χ0) is 17.7. The van der Waals surface area contributed by atoms with Crippen LogP contribution in [0.1, 0.15) is 5.56 Å². The smallest absolute Gasteiger partial charge is 0.271 e. The van der Waals surface area contributed by atoms with E-state index >= 15 is 0 Å². The van der Waals surface area contributed by atoms with Crippen LogP contribution < -0.4 is 15.5 Å². The van der Waals surface area contributed by atoms with Gasteiger partial charge in [-0.05, 0) is 36.8 Å². The van der Waals surface area contributed by atoms with Gasteiger partial charge in [-0.3, -0.25) is 14.9 Å². The van der Waals surface area contributed by atoms with Gasteiger partial charge in [0.15, 0.2) is 0 Å². The van der Waals surface area contributed by atoms with E-state index in [2.05, 4.69) is 10.6 Å². The number of anilines is 3. The first-order valence-electron chi connectivity index (χ1n) is 7.43. The first kappa shape index (κ1) is 17.3. The number of rotatable bonds is 6. The summed E-state index contributed by atoms with van der Waals surface area (Å²) < 4.78 is 0. The number of nitrogens with zero attached hydrogens (tertiary/aromatic N) is 2. The summed E-state index contributed by atoms with van der Waals surface area (Å²) in [4.78, 5) is 24.3. The molecule has 0 aliphatic carbocycles. The number of nitrogens with one attached hydrogen (secondary N) is 2. The molecule has 126 valence electrons. The largest absolute Gasteiger partial charge is 0.378 e. The number of carbonyl (C=O) groups excluding carboxylic acids is 1. The zero-order valence-electron chi connectivity index (χ0n) is 13.9. The monoisotopic (exact) mass is 328 g/mol. The maximum absolute atomic E-state index is 12.0. The minimum absolute atomic E-state index is 0.0113. The van der Waals surface area contributed by atoms with Crippen LogP contribution in [0.3, 0.4) is 0 Å². The van der Waals surface area contributed by atoms with Crippen LogP contribution in [-0.4, -0.2) is 31.5 Å². The van der Waals surface area contributed by atoms with Gasteiger partial charge in [-0.25, -0.2) is 0 Å². The molecule has 0 saturated heterocycles. The Morgan fingerprint density at radius 2 is 1.83 bits per heavy atom. The van der Waals surface area contributed by atoms with E-state index in [0.717, 1.165) is 11.3 Å². The van der Waals surface area contributed by atoms with Crippen LogP contribution in [0, 0.1) is 17.0 Å². The number of benzene rings is 2. The minimum atomic E-state index is -0.461. The summed E-state index contributed by atoms with van der Waals surface area (Å²) in [6.07, 6.45) is 0. The zero-order valence-corrected chi connectivity index (χ0v) is 13.9. The minimum Gasteiger partial charge on any atom is -0.378 e. The molecule has 0 heterocycles. The Morgan fingerprint density at radius 3 is 2.42 bits per heavy atom. The van der Waals surface area contributed by atoms with Gasteiger partial charge < -0.3 is 15.5 Å². The maximum Gasteiger partial charge on any atom is 0.271 e. The van der Waals surface area contributed by atoms with Crippen molar-refractivity contribution in [1.29, 1.82) is 0 Å². The van der Waals surface area contributed by atoms with E-state index in [9.17, 15) is 14.9 Å². The van der Waals surface area contributed by atoms with Gasteiger partial charge in [0.25, 0.3) is 5.69 Å². The quantitative estimate of drug-likeness (QED) is 0.628. The van der Waals surface area contributed by atoms with Crippen molar-refractivity contribution in [1.82, 2.24) is 0 Å². The van der Waals surface area contributed by atoms with Crippen molar-refractivity contribution in [2.45, 2.75) is 6.92 Å². The van der Waals surface area contributed by atoms with Gasteiger partial charge in [-0.2, -0.15) is 0 Å². The second-order valence-electron chi connectivity index (χ2n) is 5.60. The van der Waals surface area contributed by atoms with Crippen LogP contribution in [0.2, 0.25) is 0 Å². The number of aryl methyl sites for hydroxylation is 1. The Morgan fingerprint density at radius 1 is 1.17 bits per heavy atom. The van der Waals surface area contributed by atoms with Crippen molar-refractivity contribution in [2.24, 2.45) is 0 Å². The van der Waals surface area contributed by atoms with Crippen molar-refractivity contribution in [3.63, 3.8) is 0 Å². The van der Waals surface area contributed by atoms with Gasteiger partial charge >= 0.3 is 0 Å². The number of hydrogen-bond donors (Lipinski definition) is 2. The molecule has 2 N–H and O–H groups in total. The lowest BCUT2D eigenvalue weighted by Gasteiger charge is -2.13. The lowest BCUT2D eigenvalue weighted by atomic mass is 10.2. The van der Waals surface area contributed by atoms with Crippen molar-refractivity contribution >= 4 is 28.7 Å². The standard InChI is InChI=1S/C17H20N4O3/c1-12-4-7-15(21(23)24)10-16(12)18-11-17(22)19-13-5-8-14(9-6-13)20(2)3/h4-10,18H,11H2,1-3H3,(H,19,22). The Balaban J connectivity index is 1.96. The predicted octanol–water partition coefficient (Wildman–Crippen LogP) is 3.02. The van der Waals surface area contributed by atoms with E-state index in [1.165, 1.54) is 12.1 Å². The van der Waals surface area contributed by atoms with E-state index in [1.54, 1.807) is 6.07 Å². The van der Waals surface area contributed by atoms with E-state index in [-0.39, 0.29) is 18.1 Å². The molecule has 0 bridgehead atoms. The first-order valence-corrected chi connectivity index (χ1v) is 7.43. The highest BCUT2D eigenvalue weighted by Gasteiger charge is 2.10. The topological polar surface area (TPSA) is 87.5 Å². The van der Waals surface area contributed by atoms with Crippen LogP contribution in [0.4, 0.5) is 22.7 Å². The number of non-ortho nitro benzene ring substituents is 1. The summed E-state index contributed by atoms with van der Waals surface area (Å²) in [5.74, 6) is -0.224. The number of amides is 1. The molecule has 7 nitrogen and oxygen atoms in total. The van der Waals surface area contributed by atoms with Crippen molar-refractivity contribution in [2.75, 3.05) is 36.2 Å². The Labute approximate surface area is 140 Å². The molecule has 0 aromatic heterocycles. The van der Waals surface area contributed by atoms with Gasteiger partial charge in [-0.15, -0.1) is 0 Å². The van der Waals surface area contributed by atoms with Crippen LogP contribution >= 0.6 is 0 Å². The summed E-state index contributed by atoms with van der Waals surface area (Å²) in [6.45, 7) is 1.85. The molecule has 7 heteroatoms. The van der Waals surface area contributed by atoms with Crippen LogP contribution in [-0.2, 0) is 4.79 Å². The predicted molar refractivity (Wildman–Crippen MR) is 95.7 cm³/mol. The van der Waals surface area contributed by atoms with E-state index in [1.807, 2.05) is 50.2 Å². The Kier molecular flexibility index (Phi) is 5.36. The van der Waals surface area contributed by atoms with Crippen molar-refractivity contribution in [3.8, 4) is 0 Å². The number of nitro groups is 1. The molecular weight excluding hydrogens is 308 g/mol. The third kappa shape index (κ3) is 4.45. The maximum atomic E-state index is 12.0. The lowest BCUT2D eigenvalue weighted by molar-refractivity contribution is -0.384. The highest BCUT2D eigenvalue weighted by molar-refractivity contribution is 5.94. The third-order valence-electron chi connectivity index (χ3n) is 3.54. The van der Waals surface area contributed by atoms with Gasteiger partial charge in [0, 0.05) is 43.3 Å². The van der Waals surface area contributed by atoms with Gasteiger partial charge in [0.05, 0.1) is 11.5 Å². The summed E-state index contributed by atoms with van der Waals surface area (Å²) in [6, 6.07) is 12.0. The molecule has 0 saturated carbocycles. The van der Waals surface area contributed by atoms with Gasteiger partial charge in [0.2, 0.25) is 5.91 Å². The first-order chi connectivity index (χ1) is 11.4. The molecule has 0 aliphatic heterocycles. The Bertz CT molecular complexity index is 742. The van der Waals surface area contributed by atoms with E-state index in [4.69, 9.17) is 0 Å². The van der Waals surface area contributed by atoms with Crippen molar-refractivity contribution < 1.29 is 9.72 Å². The summed E-state index contributed by atoms with van der Waals surface area (Å²) in [5.41, 5.74) is 3.13. The Hall–Kier alpha value is -3.09. The lowest BCUT2D eigenvalue weighted by Crippen LogP contribution is -2.22. The molecule has 1 amide bonds. The van der Waals surface area contributed by atoms with Crippen molar-refractivity contribution in [3.05, 3.63) is 58.1 Å².